The number of aliphatic hydroxyl groups excluding tert-OH is 1. The predicted molar refractivity (Wildman–Crippen MR) is 41.7 cm³/mol. The summed E-state index contributed by atoms with van der Waals surface area (Å²) in [4.78, 5) is 12.3. The van der Waals surface area contributed by atoms with Crippen LogP contribution in [0.3, 0.4) is 0 Å². The fraction of sp³-hybridized carbons (Fsp3) is 0.875. The molecule has 1 heterocycles. The third-order valence-electron chi connectivity index (χ3n) is 2.79. The van der Waals surface area contributed by atoms with Crippen molar-refractivity contribution in [3.8, 4) is 0 Å². The Kier molecular flexibility index (Phi) is 1.63. The number of β-amino-alcohol motifs (C(OH)–C–C–N with tert-alkyl or cyclic N) is 1. The lowest BCUT2D eigenvalue weighted by atomic mass is 9.96. The van der Waals surface area contributed by atoms with E-state index in [4.69, 9.17) is 10.2 Å². The van der Waals surface area contributed by atoms with Gasteiger partial charge in [-0.25, -0.2) is 4.79 Å². The molecule has 0 aromatic rings. The van der Waals surface area contributed by atoms with Gasteiger partial charge < -0.3 is 10.2 Å². The van der Waals surface area contributed by atoms with Crippen LogP contribution < -0.4 is 0 Å². The summed E-state index contributed by atoms with van der Waals surface area (Å²) in [6.07, 6.45) is 1.36. The molecule has 0 radical (unpaired) electrons. The van der Waals surface area contributed by atoms with Gasteiger partial charge in [0, 0.05) is 19.6 Å². The van der Waals surface area contributed by atoms with Crippen LogP contribution in [0.1, 0.15) is 12.8 Å². The Bertz CT molecular complexity index is 204. The van der Waals surface area contributed by atoms with Crippen LogP contribution in [0.2, 0.25) is 0 Å². The molecule has 1 saturated carbocycles. The lowest BCUT2D eigenvalue weighted by molar-refractivity contribution is -0.148. The van der Waals surface area contributed by atoms with Crippen molar-refractivity contribution in [1.29, 1.82) is 0 Å². The molecule has 1 spiro atoms. The largest absolute Gasteiger partial charge is 0.479 e. The number of hydrogen-bond donors (Lipinski definition) is 2. The smallest absolute Gasteiger partial charge is 0.333 e. The number of aliphatic carboxylic acids is 1. The van der Waals surface area contributed by atoms with Gasteiger partial charge in [-0.1, -0.05) is 0 Å². The van der Waals surface area contributed by atoms with Crippen molar-refractivity contribution in [2.24, 2.45) is 5.41 Å². The topological polar surface area (TPSA) is 60.8 Å². The van der Waals surface area contributed by atoms with Crippen LogP contribution in [0.4, 0.5) is 0 Å². The van der Waals surface area contributed by atoms with Gasteiger partial charge in [0.15, 0.2) is 6.10 Å². The molecule has 2 fully saturated rings. The second-order valence-electron chi connectivity index (χ2n) is 4.02. The van der Waals surface area contributed by atoms with Gasteiger partial charge in [-0.2, -0.15) is 0 Å². The highest BCUT2D eigenvalue weighted by atomic mass is 16.4. The van der Waals surface area contributed by atoms with Gasteiger partial charge in [0.2, 0.25) is 0 Å². The third kappa shape index (κ3) is 1.32. The van der Waals surface area contributed by atoms with Gasteiger partial charge >= 0.3 is 5.97 Å². The predicted octanol–water partition coefficient (Wildman–Crippen LogP) is -0.472. The Labute approximate surface area is 70.8 Å². The van der Waals surface area contributed by atoms with E-state index in [1.54, 1.807) is 0 Å². The van der Waals surface area contributed by atoms with Crippen molar-refractivity contribution in [3.05, 3.63) is 0 Å². The lowest BCUT2D eigenvalue weighted by Crippen LogP contribution is -2.52. The molecule has 2 aliphatic rings. The molecule has 1 unspecified atom stereocenters. The molecule has 0 aromatic carbocycles. The minimum Gasteiger partial charge on any atom is -0.479 e. The number of carboxylic acids is 1. The van der Waals surface area contributed by atoms with Gasteiger partial charge in [0.25, 0.3) is 0 Å². The van der Waals surface area contributed by atoms with Crippen LogP contribution >= 0.6 is 0 Å². The van der Waals surface area contributed by atoms with E-state index in [1.165, 1.54) is 12.8 Å². The summed E-state index contributed by atoms with van der Waals surface area (Å²) in [6.45, 7) is 2.26. The number of likely N-dealkylation sites (tertiary alicyclic amines) is 1. The van der Waals surface area contributed by atoms with E-state index in [2.05, 4.69) is 0 Å². The summed E-state index contributed by atoms with van der Waals surface area (Å²) < 4.78 is 0. The second-order valence-corrected chi connectivity index (χ2v) is 4.02. The highest BCUT2D eigenvalue weighted by molar-refractivity contribution is 5.72. The first-order valence-corrected chi connectivity index (χ1v) is 4.25. The maximum absolute atomic E-state index is 10.3. The average molecular weight is 171 g/mol. The lowest BCUT2D eigenvalue weighted by Gasteiger charge is -2.40. The van der Waals surface area contributed by atoms with Crippen molar-refractivity contribution in [2.75, 3.05) is 19.6 Å². The Hall–Kier alpha value is -0.610. The van der Waals surface area contributed by atoms with Gasteiger partial charge in [-0.05, 0) is 18.3 Å². The van der Waals surface area contributed by atoms with Gasteiger partial charge in [-0.3, -0.25) is 4.90 Å². The molecule has 12 heavy (non-hydrogen) atoms. The molecular weight excluding hydrogens is 158 g/mol. The summed E-state index contributed by atoms with van der Waals surface area (Å²) in [7, 11) is 0. The van der Waals surface area contributed by atoms with Crippen LogP contribution in [-0.2, 0) is 4.79 Å². The van der Waals surface area contributed by atoms with Crippen LogP contribution in [0, 0.1) is 5.41 Å². The average Bonchev–Trinajstić information content (AvgIpc) is 2.65. The maximum Gasteiger partial charge on any atom is 0.333 e. The molecule has 68 valence electrons. The number of rotatable bonds is 3. The molecule has 0 aromatic heterocycles. The van der Waals surface area contributed by atoms with Crippen molar-refractivity contribution < 1.29 is 15.0 Å². The number of hydrogen-bond acceptors (Lipinski definition) is 3. The highest BCUT2D eigenvalue weighted by Gasteiger charge is 2.52. The van der Waals surface area contributed by atoms with Crippen LogP contribution in [0.5, 0.6) is 0 Å². The molecule has 0 amide bonds. The Morgan fingerprint density at radius 2 is 2.08 bits per heavy atom. The normalized spacial score (nSPS) is 28.1. The standard InChI is InChI=1S/C8H13NO3/c10-6(7(11)12)3-9-4-8(5-9)1-2-8/h6,10H,1-5H2,(H,11,12). The van der Waals surface area contributed by atoms with Crippen LogP contribution in [-0.4, -0.2) is 46.8 Å². The minimum absolute atomic E-state index is 0.289. The monoisotopic (exact) mass is 171 g/mol. The molecule has 4 heteroatoms. The summed E-state index contributed by atoms with van der Waals surface area (Å²) in [6, 6.07) is 0. The van der Waals surface area contributed by atoms with E-state index in [1.807, 2.05) is 4.90 Å². The number of carbonyl (C=O) groups is 1. The fourth-order valence-electron chi connectivity index (χ4n) is 1.85. The van der Waals surface area contributed by atoms with E-state index in [0.717, 1.165) is 13.1 Å². The SMILES string of the molecule is O=C(O)C(O)CN1CC2(CC2)C1. The van der Waals surface area contributed by atoms with Crippen LogP contribution in [0.15, 0.2) is 0 Å². The second kappa shape index (κ2) is 2.44. The molecule has 1 aliphatic carbocycles. The number of carboxylic acid groups (broad SMARTS) is 1. The Morgan fingerprint density at radius 3 is 2.50 bits per heavy atom. The molecular formula is C8H13NO3. The summed E-state index contributed by atoms with van der Waals surface area (Å²) in [5.74, 6) is -1.12. The zero-order chi connectivity index (χ0) is 8.77. The molecule has 4 nitrogen and oxygen atoms in total. The van der Waals surface area contributed by atoms with Crippen molar-refractivity contribution in [3.63, 3.8) is 0 Å². The van der Waals surface area contributed by atoms with E-state index in [0.29, 0.717) is 5.41 Å². The zero-order valence-corrected chi connectivity index (χ0v) is 6.86. The maximum atomic E-state index is 10.3. The van der Waals surface area contributed by atoms with Crippen LogP contribution in [0.25, 0.3) is 0 Å². The number of aliphatic hydroxyl groups is 1. The van der Waals surface area contributed by atoms with Crippen molar-refractivity contribution >= 4 is 5.97 Å². The first kappa shape index (κ1) is 8.01. The molecule has 0 bridgehead atoms. The van der Waals surface area contributed by atoms with Gasteiger partial charge in [0.1, 0.15) is 0 Å². The highest BCUT2D eigenvalue weighted by Crippen LogP contribution is 2.52. The Morgan fingerprint density at radius 1 is 1.50 bits per heavy atom. The molecule has 1 saturated heterocycles. The quantitative estimate of drug-likeness (QED) is 0.602. The minimum atomic E-state index is -1.21. The molecule has 1 atom stereocenters. The van der Waals surface area contributed by atoms with E-state index in [9.17, 15) is 4.79 Å². The fourth-order valence-corrected chi connectivity index (χ4v) is 1.85. The van der Waals surface area contributed by atoms with E-state index in [-0.39, 0.29) is 6.54 Å². The third-order valence-corrected chi connectivity index (χ3v) is 2.79. The summed E-state index contributed by atoms with van der Waals surface area (Å²) >= 11 is 0. The van der Waals surface area contributed by atoms with Crippen molar-refractivity contribution in [1.82, 2.24) is 4.90 Å². The summed E-state index contributed by atoms with van der Waals surface area (Å²) in [5.41, 5.74) is 0.540. The molecule has 1 aliphatic heterocycles. The summed E-state index contributed by atoms with van der Waals surface area (Å²) in [5, 5.41) is 17.4. The molecule has 2 N–H and O–H groups in total. The van der Waals surface area contributed by atoms with E-state index < -0.39 is 12.1 Å². The molecule has 2 rings (SSSR count). The number of nitrogens with zero attached hydrogens (tertiary/aromatic N) is 1. The zero-order valence-electron chi connectivity index (χ0n) is 6.86. The van der Waals surface area contributed by atoms with Crippen molar-refractivity contribution in [2.45, 2.75) is 18.9 Å². The van der Waals surface area contributed by atoms with E-state index >= 15 is 0 Å². The van der Waals surface area contributed by atoms with Gasteiger partial charge in [0.05, 0.1) is 0 Å². The Balaban J connectivity index is 1.71. The van der Waals surface area contributed by atoms with Gasteiger partial charge in [-0.15, -0.1) is 0 Å². The first-order chi connectivity index (χ1) is 5.61. The first-order valence-electron chi connectivity index (χ1n) is 4.25.